The lowest BCUT2D eigenvalue weighted by atomic mass is 10.1. The van der Waals surface area contributed by atoms with Crippen LogP contribution in [0.3, 0.4) is 0 Å². The molecule has 0 saturated carbocycles. The molecule has 9 aromatic heterocycles. The fourth-order valence-corrected chi connectivity index (χ4v) is 13.9. The molecule has 0 fully saturated rings. The van der Waals surface area contributed by atoms with Gasteiger partial charge in [0.05, 0.1) is 69.5 Å². The van der Waals surface area contributed by atoms with Crippen LogP contribution in [0.1, 0.15) is 138 Å². The van der Waals surface area contributed by atoms with E-state index in [1.54, 1.807) is 105 Å². The highest BCUT2D eigenvalue weighted by Crippen LogP contribution is 2.38. The van der Waals surface area contributed by atoms with Gasteiger partial charge in [-0.3, -0.25) is 45.9 Å². The van der Waals surface area contributed by atoms with Gasteiger partial charge < -0.3 is 28.6 Å². The number of aromatic amines is 9. The van der Waals surface area contributed by atoms with Crippen LogP contribution < -0.4 is 19.1 Å². The second-order valence-electron chi connectivity index (χ2n) is 31.3. The van der Waals surface area contributed by atoms with Crippen molar-refractivity contribution in [1.82, 2.24) is 91.8 Å². The van der Waals surface area contributed by atoms with Crippen LogP contribution in [0, 0.1) is 0 Å². The summed E-state index contributed by atoms with van der Waals surface area (Å²) in [7, 11) is 5.74. The number of hydrogen-bond acceptors (Lipinski definition) is 15. The van der Waals surface area contributed by atoms with Crippen molar-refractivity contribution in [3.8, 4) is 17.2 Å². The SMILES string of the molecule is C(=C\c1cccc2c1OCO2)/c1ccn[nH]1.C(=C\c1ccn[nH]1)/c1ccc2ccccc2c1.C(=C\c1ccn[nH]1)/c1ccccc1.CCOC(OCC)c1ccc(/C=C/c2ccn[nH]2)cc1.CN(C)c1ccc(/C=C/c2ccn[nH]2)cc1.COc1ccc(/C=C/c2ccn[nH]2)cc1.Clc1cccc(Cl)c1/C=C/c1ccn[nH]1.FC(F)(F)c1ccc(/C=C/c2ccn[nH]2)c(Cl)c1.FC(F)(F)c1ccccc1/C=C/c1ccn[nH]1. The van der Waals surface area contributed by atoms with E-state index >= 15 is 0 Å². The molecule has 33 heteroatoms. The Bertz CT molecular complexity index is 7240. The van der Waals surface area contributed by atoms with E-state index in [0.717, 1.165) is 109 Å². The Labute approximate surface area is 860 Å². The first-order valence-electron chi connectivity index (χ1n) is 45.8. The van der Waals surface area contributed by atoms with E-state index in [0.29, 0.717) is 41.3 Å². The van der Waals surface area contributed by atoms with Crippen molar-refractivity contribution in [2.24, 2.45) is 0 Å². The number of alkyl halides is 6. The van der Waals surface area contributed by atoms with Crippen molar-refractivity contribution in [2.75, 3.05) is 46.1 Å². The van der Waals surface area contributed by atoms with Crippen LogP contribution in [0.15, 0.2) is 335 Å². The Morgan fingerprint density at radius 3 is 1.11 bits per heavy atom. The van der Waals surface area contributed by atoms with E-state index in [4.69, 9.17) is 58.5 Å². The minimum absolute atomic E-state index is 0.0561. The molecule has 0 radical (unpaired) electrons. The number of methoxy groups -OCH3 is 1. The molecule has 24 nitrogen and oxygen atoms in total. The smallest absolute Gasteiger partial charge is 0.416 e. The van der Waals surface area contributed by atoms with Gasteiger partial charge in [-0.2, -0.15) is 72.2 Å². The van der Waals surface area contributed by atoms with Gasteiger partial charge in [0.15, 0.2) is 17.8 Å². The molecular formula is C114H104Cl3F6N19O5. The van der Waals surface area contributed by atoms with E-state index in [2.05, 4.69) is 188 Å². The zero-order valence-corrected chi connectivity index (χ0v) is 82.5. The Morgan fingerprint density at radius 1 is 0.327 bits per heavy atom. The Morgan fingerprint density at radius 2 is 0.694 bits per heavy atom. The number of nitrogens with zero attached hydrogens (tertiary/aromatic N) is 10. The molecule has 147 heavy (non-hydrogen) atoms. The van der Waals surface area contributed by atoms with Crippen LogP contribution in [0.25, 0.3) is 120 Å². The number of hydrogen-bond donors (Lipinski definition) is 9. The summed E-state index contributed by atoms with van der Waals surface area (Å²) in [5, 5.41) is 63.9. The molecule has 10 heterocycles. The maximum Gasteiger partial charge on any atom is 0.416 e. The first-order chi connectivity index (χ1) is 71.6. The molecule has 1 aliphatic rings. The molecule has 0 saturated heterocycles. The second kappa shape index (κ2) is 58.2. The molecule has 748 valence electrons. The number of anilines is 1. The van der Waals surface area contributed by atoms with E-state index in [1.807, 2.05) is 234 Å². The van der Waals surface area contributed by atoms with Crippen molar-refractivity contribution < 1.29 is 50.0 Å². The molecule has 1 aliphatic heterocycles. The molecule has 9 N–H and O–H groups in total. The number of ether oxygens (including phenoxy) is 5. The van der Waals surface area contributed by atoms with Crippen molar-refractivity contribution >= 4 is 161 Å². The average molecular weight is 2040 g/mol. The van der Waals surface area contributed by atoms with Crippen molar-refractivity contribution in [2.45, 2.75) is 32.5 Å². The summed E-state index contributed by atoms with van der Waals surface area (Å²) in [6.07, 6.45) is 40.4. The van der Waals surface area contributed by atoms with Gasteiger partial charge in [0.25, 0.3) is 0 Å². The third-order valence-corrected chi connectivity index (χ3v) is 21.7. The zero-order chi connectivity index (χ0) is 103. The topological polar surface area (TPSA) is 308 Å². The number of fused-ring (bicyclic) bond motifs is 2. The molecule has 0 unspecified atom stereocenters. The van der Waals surface area contributed by atoms with Gasteiger partial charge in [-0.1, -0.05) is 235 Å². The first-order valence-corrected chi connectivity index (χ1v) is 46.9. The van der Waals surface area contributed by atoms with Crippen molar-refractivity contribution in [3.05, 3.63) is 468 Å². The highest BCUT2D eigenvalue weighted by molar-refractivity contribution is 6.37. The Balaban J connectivity index is 0.000000147. The van der Waals surface area contributed by atoms with Crippen molar-refractivity contribution in [3.63, 3.8) is 0 Å². The summed E-state index contributed by atoms with van der Waals surface area (Å²) in [6, 6.07) is 86.2. The molecule has 10 aromatic carbocycles. The van der Waals surface area contributed by atoms with Gasteiger partial charge in [-0.25, -0.2) is 0 Å². The summed E-state index contributed by atoms with van der Waals surface area (Å²) >= 11 is 17.8. The molecule has 0 amide bonds. The lowest BCUT2D eigenvalue weighted by molar-refractivity contribution is -0.140. The Kier molecular flexibility index (Phi) is 42.9. The Hall–Kier alpha value is -17.4. The first kappa shape index (κ1) is 108. The fourth-order valence-electron chi connectivity index (χ4n) is 13.2. The summed E-state index contributed by atoms with van der Waals surface area (Å²) in [5.41, 5.74) is 17.4. The number of halogens is 9. The van der Waals surface area contributed by atoms with E-state index in [1.165, 1.54) is 63.6 Å². The number of H-pyrrole nitrogens is 9. The predicted molar refractivity (Wildman–Crippen MR) is 581 cm³/mol. The lowest BCUT2D eigenvalue weighted by Crippen LogP contribution is -2.08. The molecule has 0 bridgehead atoms. The molecule has 20 rings (SSSR count). The molecule has 0 spiro atoms. The average Bonchev–Trinajstić information content (AvgIpc) is 1.81. The molecule has 0 aliphatic carbocycles. The van der Waals surface area contributed by atoms with Crippen LogP contribution in [-0.2, 0) is 21.8 Å². The normalized spacial score (nSPS) is 11.6. The zero-order valence-electron chi connectivity index (χ0n) is 80.3. The van der Waals surface area contributed by atoms with Crippen LogP contribution in [0.2, 0.25) is 15.1 Å². The third-order valence-electron chi connectivity index (χ3n) is 20.7. The number of benzene rings is 10. The van der Waals surface area contributed by atoms with Crippen LogP contribution in [0.4, 0.5) is 32.0 Å². The number of nitrogens with one attached hydrogen (secondary N) is 9. The van der Waals surface area contributed by atoms with Crippen LogP contribution >= 0.6 is 34.8 Å². The summed E-state index contributed by atoms with van der Waals surface area (Å²) in [6.45, 7) is 5.49. The number of para-hydroxylation sites is 1. The van der Waals surface area contributed by atoms with Gasteiger partial charge in [0.1, 0.15) is 5.75 Å². The van der Waals surface area contributed by atoms with Crippen molar-refractivity contribution in [1.29, 1.82) is 0 Å². The highest BCUT2D eigenvalue weighted by Gasteiger charge is 2.33. The maximum absolute atomic E-state index is 12.7. The standard InChI is InChI=1S/C16H20N2O2.C15H12N2.C13H15N3.C12H8ClF3N2.C12H9F3N2.C12H10N2O2.C12H12N2O.C11H8Cl2N2.C11H10N2/c1-3-19-16(20-4-2)14-8-5-13(6-9-14)7-10-15-11-12-17-18-15;1-2-4-14-11-12(5-7-13(14)3-1)6-8-15-9-10-16-17-15;1-16(2)13-7-4-11(5-8-13)3-6-12-9-10-14-15-12;13-11-7-9(12(14,15)16)3-1-8(11)2-4-10-5-6-17-18-10;13-12(14,15)11-4-2-1-3-9(11)5-6-10-7-8-16-17-10;1-2-9(4-5-10-6-7-13-14-10)12-11(3-1)15-8-16-12;1-15-12-6-3-10(4-7-12)2-5-11-8-9-13-14-11;12-10-2-1-3-11(13)9(10)5-4-8-6-7-14-15-8;1-2-4-10(5-3-1)6-7-11-8-9-12-13-11/h5-12,16H,3-4H2,1-2H3,(H,17,18);1-11H,(H,16,17);3-10H,1-2H3,(H,14,15);1-7H,(H,17,18);1-8H,(H,16,17);1-7H,8H2,(H,13,14);2-9H,1H3,(H,13,14);1-7H,(H,14,15);1-9H,(H,12,13)/b10-7+;8-6+;6-3+;4-2+;6-5+;5-4+;5-2+;5-4+;7-6+. The van der Waals surface area contributed by atoms with Gasteiger partial charge >= 0.3 is 12.4 Å². The van der Waals surface area contributed by atoms with Gasteiger partial charge in [0.2, 0.25) is 6.79 Å². The number of rotatable bonds is 25. The molecule has 19 aromatic rings. The summed E-state index contributed by atoms with van der Waals surface area (Å²) < 4.78 is 102. The number of aromatic nitrogens is 18. The molecular weight excluding hydrogens is 1940 g/mol. The minimum Gasteiger partial charge on any atom is -0.497 e. The van der Waals surface area contributed by atoms with Gasteiger partial charge in [0, 0.05) is 121 Å². The third kappa shape index (κ3) is 37.4. The lowest BCUT2D eigenvalue weighted by Gasteiger charge is -2.17. The molecule has 0 atom stereocenters. The monoisotopic (exact) mass is 2040 g/mol. The van der Waals surface area contributed by atoms with Gasteiger partial charge in [-0.05, 0) is 252 Å². The largest absolute Gasteiger partial charge is 0.497 e. The van der Waals surface area contributed by atoms with E-state index in [9.17, 15) is 26.3 Å². The highest BCUT2D eigenvalue weighted by atomic mass is 35.5. The second-order valence-corrected chi connectivity index (χ2v) is 32.6. The quantitative estimate of drug-likeness (QED) is 0.0190. The van der Waals surface area contributed by atoms with Gasteiger partial charge in [-0.15, -0.1) is 0 Å². The van der Waals surface area contributed by atoms with Crippen LogP contribution in [-0.4, -0.2) is 133 Å². The maximum atomic E-state index is 12.7. The summed E-state index contributed by atoms with van der Waals surface area (Å²) in [5.74, 6) is 2.47. The predicted octanol–water partition coefficient (Wildman–Crippen LogP) is 29.2. The fraction of sp³-hybridized carbons (Fsp3) is 0.0965. The summed E-state index contributed by atoms with van der Waals surface area (Å²) in [4.78, 5) is 2.09. The van der Waals surface area contributed by atoms with E-state index < -0.39 is 23.5 Å². The van der Waals surface area contributed by atoms with E-state index in [-0.39, 0.29) is 16.9 Å². The minimum atomic E-state index is -4.38. The van der Waals surface area contributed by atoms with Crippen LogP contribution in [0.5, 0.6) is 17.2 Å².